The molecule has 0 aliphatic heterocycles. The Bertz CT molecular complexity index is 967. The van der Waals surface area contributed by atoms with Crippen molar-refractivity contribution in [3.05, 3.63) is 88.2 Å². The molecule has 0 aliphatic rings. The third-order valence-electron chi connectivity index (χ3n) is 4.10. The summed E-state index contributed by atoms with van der Waals surface area (Å²) in [7, 11) is 0. The van der Waals surface area contributed by atoms with Crippen molar-refractivity contribution in [1.82, 2.24) is 10.3 Å². The zero-order chi connectivity index (χ0) is 20.6. The summed E-state index contributed by atoms with van der Waals surface area (Å²) in [6.45, 7) is 2.10. The van der Waals surface area contributed by atoms with Crippen LogP contribution < -0.4 is 14.8 Å². The van der Waals surface area contributed by atoms with Crippen molar-refractivity contribution in [2.75, 3.05) is 6.61 Å². The Balaban J connectivity index is 1.53. The molecule has 7 heteroatoms. The van der Waals surface area contributed by atoms with Gasteiger partial charge in [-0.2, -0.15) is 0 Å². The van der Waals surface area contributed by atoms with Gasteiger partial charge in [-0.1, -0.05) is 41.4 Å². The first-order valence-electron chi connectivity index (χ1n) is 9.01. The molecule has 1 aromatic heterocycles. The highest BCUT2D eigenvalue weighted by molar-refractivity contribution is 6.34. The summed E-state index contributed by atoms with van der Waals surface area (Å²) in [4.78, 5) is 16.5. The van der Waals surface area contributed by atoms with E-state index in [2.05, 4.69) is 10.3 Å². The number of benzene rings is 2. The molecule has 0 saturated carbocycles. The summed E-state index contributed by atoms with van der Waals surface area (Å²) in [6.07, 6.45) is 1.73. The van der Waals surface area contributed by atoms with E-state index in [1.54, 1.807) is 24.4 Å². The quantitative estimate of drug-likeness (QED) is 0.531. The number of halogens is 2. The van der Waals surface area contributed by atoms with Crippen LogP contribution in [-0.2, 0) is 11.4 Å². The molecule has 3 aromatic rings. The highest BCUT2D eigenvalue weighted by atomic mass is 35.5. The van der Waals surface area contributed by atoms with Crippen LogP contribution in [0.1, 0.15) is 24.2 Å². The zero-order valence-corrected chi connectivity index (χ0v) is 17.3. The van der Waals surface area contributed by atoms with E-state index in [9.17, 15) is 4.79 Å². The fraction of sp³-hybridized carbons (Fsp3) is 0.182. The number of nitrogens with one attached hydrogen (secondary N) is 1. The van der Waals surface area contributed by atoms with Gasteiger partial charge in [-0.15, -0.1) is 0 Å². The molecule has 0 radical (unpaired) electrons. The van der Waals surface area contributed by atoms with E-state index in [0.29, 0.717) is 28.2 Å². The number of ether oxygens (including phenoxy) is 2. The largest absolute Gasteiger partial charge is 0.487 e. The van der Waals surface area contributed by atoms with Crippen molar-refractivity contribution >= 4 is 29.1 Å². The summed E-state index contributed by atoms with van der Waals surface area (Å²) in [6, 6.07) is 17.9. The number of carbonyl (C=O) groups is 1. The first-order chi connectivity index (χ1) is 14.0. The van der Waals surface area contributed by atoms with Crippen molar-refractivity contribution in [3.63, 3.8) is 0 Å². The van der Waals surface area contributed by atoms with Crippen LogP contribution in [0.5, 0.6) is 11.5 Å². The van der Waals surface area contributed by atoms with Gasteiger partial charge < -0.3 is 14.8 Å². The van der Waals surface area contributed by atoms with E-state index in [4.69, 9.17) is 32.7 Å². The monoisotopic (exact) mass is 430 g/mol. The second kappa shape index (κ2) is 10.1. The molecule has 0 saturated heterocycles. The Hall–Kier alpha value is -2.76. The van der Waals surface area contributed by atoms with Gasteiger partial charge in [0.2, 0.25) is 0 Å². The highest BCUT2D eigenvalue weighted by Gasteiger charge is 2.12. The van der Waals surface area contributed by atoms with Gasteiger partial charge in [0.15, 0.2) is 6.61 Å². The summed E-state index contributed by atoms with van der Waals surface area (Å²) in [5, 5.41) is 3.78. The van der Waals surface area contributed by atoms with E-state index in [-0.39, 0.29) is 18.6 Å². The number of aromatic nitrogens is 1. The first kappa shape index (κ1) is 21.0. The number of pyridine rings is 1. The lowest BCUT2D eigenvalue weighted by atomic mass is 10.1. The van der Waals surface area contributed by atoms with Crippen molar-refractivity contribution in [2.45, 2.75) is 19.6 Å². The molecule has 29 heavy (non-hydrogen) atoms. The predicted octanol–water partition coefficient (Wildman–Crippen LogP) is 5.22. The molecule has 2 aromatic carbocycles. The number of amides is 1. The Morgan fingerprint density at radius 3 is 2.72 bits per heavy atom. The van der Waals surface area contributed by atoms with Crippen molar-refractivity contribution in [3.8, 4) is 11.5 Å². The lowest BCUT2D eigenvalue weighted by molar-refractivity contribution is -0.123. The smallest absolute Gasteiger partial charge is 0.258 e. The molecule has 0 bridgehead atoms. The highest BCUT2D eigenvalue weighted by Crippen LogP contribution is 2.27. The summed E-state index contributed by atoms with van der Waals surface area (Å²) in [5.41, 5.74) is 1.76. The minimum Gasteiger partial charge on any atom is -0.487 e. The van der Waals surface area contributed by atoms with Crippen LogP contribution in [0.4, 0.5) is 0 Å². The molecule has 150 valence electrons. The lowest BCUT2D eigenvalue weighted by Gasteiger charge is -2.16. The molecule has 0 aliphatic carbocycles. The van der Waals surface area contributed by atoms with E-state index in [1.165, 1.54) is 0 Å². The molecule has 0 spiro atoms. The zero-order valence-electron chi connectivity index (χ0n) is 15.8. The van der Waals surface area contributed by atoms with Gasteiger partial charge in [0, 0.05) is 17.3 Å². The Morgan fingerprint density at radius 1 is 1.07 bits per heavy atom. The predicted molar refractivity (Wildman–Crippen MR) is 114 cm³/mol. The SMILES string of the molecule is CC(NC(=O)COc1cc(Cl)ccc1Cl)c1cccc(OCc2ccccn2)c1. The third-order valence-corrected chi connectivity index (χ3v) is 4.65. The summed E-state index contributed by atoms with van der Waals surface area (Å²) < 4.78 is 11.3. The molecular weight excluding hydrogens is 411 g/mol. The van der Waals surface area contributed by atoms with Crippen LogP contribution in [0, 0.1) is 0 Å². The Labute approximate surface area is 179 Å². The molecule has 1 heterocycles. The standard InChI is InChI=1S/C22H20Cl2N2O3/c1-15(26-22(27)14-29-21-12-17(23)8-9-20(21)24)16-5-4-7-19(11-16)28-13-18-6-2-3-10-25-18/h2-12,15H,13-14H2,1H3,(H,26,27). The van der Waals surface area contributed by atoms with Gasteiger partial charge in [0.25, 0.3) is 5.91 Å². The maximum atomic E-state index is 12.2. The number of rotatable bonds is 8. The molecule has 0 fully saturated rings. The molecule has 1 amide bonds. The van der Waals surface area contributed by atoms with Gasteiger partial charge in [0.1, 0.15) is 18.1 Å². The summed E-state index contributed by atoms with van der Waals surface area (Å²) in [5.74, 6) is 0.802. The second-order valence-corrected chi connectivity index (χ2v) is 7.18. The molecule has 1 unspecified atom stereocenters. The van der Waals surface area contributed by atoms with Gasteiger partial charge >= 0.3 is 0 Å². The normalized spacial score (nSPS) is 11.6. The number of hydrogen-bond acceptors (Lipinski definition) is 4. The van der Waals surface area contributed by atoms with Gasteiger partial charge in [-0.3, -0.25) is 9.78 Å². The molecule has 1 atom stereocenters. The maximum Gasteiger partial charge on any atom is 0.258 e. The minimum atomic E-state index is -0.270. The van der Waals surface area contributed by atoms with Crippen molar-refractivity contribution in [2.24, 2.45) is 0 Å². The minimum absolute atomic E-state index is 0.166. The first-order valence-corrected chi connectivity index (χ1v) is 9.77. The molecule has 3 rings (SSSR count). The second-order valence-electron chi connectivity index (χ2n) is 6.33. The van der Waals surface area contributed by atoms with Gasteiger partial charge in [-0.05, 0) is 48.9 Å². The van der Waals surface area contributed by atoms with E-state index >= 15 is 0 Å². The molecule has 1 N–H and O–H groups in total. The van der Waals surface area contributed by atoms with Crippen LogP contribution in [0.3, 0.4) is 0 Å². The summed E-state index contributed by atoms with van der Waals surface area (Å²) >= 11 is 12.0. The van der Waals surface area contributed by atoms with Crippen molar-refractivity contribution in [1.29, 1.82) is 0 Å². The molecular formula is C22H20Cl2N2O3. The van der Waals surface area contributed by atoms with E-state index in [0.717, 1.165) is 11.3 Å². The van der Waals surface area contributed by atoms with E-state index in [1.807, 2.05) is 49.4 Å². The Morgan fingerprint density at radius 2 is 1.93 bits per heavy atom. The van der Waals surface area contributed by atoms with Gasteiger partial charge in [0.05, 0.1) is 16.8 Å². The maximum absolute atomic E-state index is 12.2. The van der Waals surface area contributed by atoms with Crippen LogP contribution in [0.25, 0.3) is 0 Å². The van der Waals surface area contributed by atoms with Crippen molar-refractivity contribution < 1.29 is 14.3 Å². The lowest BCUT2D eigenvalue weighted by Crippen LogP contribution is -2.31. The van der Waals surface area contributed by atoms with Crippen LogP contribution >= 0.6 is 23.2 Å². The third kappa shape index (κ3) is 6.38. The Kier molecular flexibility index (Phi) is 7.33. The van der Waals surface area contributed by atoms with Crippen LogP contribution in [0.15, 0.2) is 66.9 Å². The average molecular weight is 431 g/mol. The average Bonchev–Trinajstić information content (AvgIpc) is 2.74. The fourth-order valence-electron chi connectivity index (χ4n) is 2.61. The van der Waals surface area contributed by atoms with Crippen LogP contribution in [0.2, 0.25) is 10.0 Å². The van der Waals surface area contributed by atoms with Crippen LogP contribution in [-0.4, -0.2) is 17.5 Å². The topological polar surface area (TPSA) is 60.5 Å². The van der Waals surface area contributed by atoms with E-state index < -0.39 is 0 Å². The fourth-order valence-corrected chi connectivity index (χ4v) is 2.95. The number of carbonyl (C=O) groups excluding carboxylic acids is 1. The number of hydrogen-bond donors (Lipinski definition) is 1. The molecule has 5 nitrogen and oxygen atoms in total. The number of nitrogens with zero attached hydrogens (tertiary/aromatic N) is 1. The van der Waals surface area contributed by atoms with Gasteiger partial charge in [-0.25, -0.2) is 0 Å².